The van der Waals surface area contributed by atoms with Crippen LogP contribution in [0.2, 0.25) is 0 Å². The van der Waals surface area contributed by atoms with E-state index in [0.29, 0.717) is 18.5 Å². The van der Waals surface area contributed by atoms with Crippen LogP contribution >= 0.6 is 11.5 Å². The summed E-state index contributed by atoms with van der Waals surface area (Å²) in [7, 11) is 1.87. The van der Waals surface area contributed by atoms with E-state index in [-0.39, 0.29) is 29.3 Å². The van der Waals surface area contributed by atoms with Gasteiger partial charge >= 0.3 is 0 Å². The summed E-state index contributed by atoms with van der Waals surface area (Å²) in [6.07, 6.45) is 4.18. The van der Waals surface area contributed by atoms with Crippen molar-refractivity contribution < 1.29 is 9.59 Å². The number of carbonyl (C=O) groups excluding carboxylic acids is 2. The number of hydrogen-bond acceptors (Lipinski definition) is 5. The third-order valence-electron chi connectivity index (χ3n) is 5.00. The fraction of sp³-hybridized carbons (Fsp3) is 0.579. The second kappa shape index (κ2) is 7.07. The standard InChI is InChI=1S/C19H27N5O2S/c1-11-16(12(2)27-22-11)18(26)20-8-13-7-15(25)24(19(3,4)5)17(13)14-9-21-23(6)10-14/h9-10,13,17H,7-8H2,1-6H3,(H,20,26)/t13-,17+/m0/s1. The predicted octanol–water partition coefficient (Wildman–Crippen LogP) is 2.61. The maximum absolute atomic E-state index is 12.8. The van der Waals surface area contributed by atoms with Crippen LogP contribution in [-0.4, -0.2) is 43.0 Å². The molecule has 27 heavy (non-hydrogen) atoms. The second-order valence-corrected chi connectivity index (χ2v) is 9.18. The van der Waals surface area contributed by atoms with Gasteiger partial charge in [-0.2, -0.15) is 9.47 Å². The van der Waals surface area contributed by atoms with E-state index in [1.54, 1.807) is 4.68 Å². The zero-order valence-electron chi connectivity index (χ0n) is 16.7. The summed E-state index contributed by atoms with van der Waals surface area (Å²) in [5.74, 6) is -0.0115. The number of aryl methyl sites for hydroxylation is 3. The molecule has 0 radical (unpaired) electrons. The summed E-state index contributed by atoms with van der Waals surface area (Å²) in [4.78, 5) is 28.3. The summed E-state index contributed by atoms with van der Waals surface area (Å²) in [5.41, 5.74) is 2.09. The van der Waals surface area contributed by atoms with Gasteiger partial charge in [-0.1, -0.05) is 0 Å². The van der Waals surface area contributed by atoms with Crippen molar-refractivity contribution in [2.24, 2.45) is 13.0 Å². The van der Waals surface area contributed by atoms with Crippen LogP contribution in [0, 0.1) is 19.8 Å². The largest absolute Gasteiger partial charge is 0.352 e. The lowest BCUT2D eigenvalue weighted by Gasteiger charge is -2.38. The van der Waals surface area contributed by atoms with E-state index >= 15 is 0 Å². The lowest BCUT2D eigenvalue weighted by molar-refractivity contribution is -0.133. The molecule has 146 valence electrons. The van der Waals surface area contributed by atoms with Crippen molar-refractivity contribution in [3.8, 4) is 0 Å². The zero-order valence-corrected chi connectivity index (χ0v) is 17.6. The van der Waals surface area contributed by atoms with Crippen molar-refractivity contribution in [2.75, 3.05) is 6.54 Å². The topological polar surface area (TPSA) is 80.1 Å². The zero-order chi connectivity index (χ0) is 19.9. The van der Waals surface area contributed by atoms with E-state index in [1.165, 1.54) is 11.5 Å². The van der Waals surface area contributed by atoms with Crippen molar-refractivity contribution in [1.29, 1.82) is 0 Å². The Hall–Kier alpha value is -2.22. The number of nitrogens with zero attached hydrogens (tertiary/aromatic N) is 4. The van der Waals surface area contributed by atoms with Gasteiger partial charge in [0.25, 0.3) is 5.91 Å². The molecule has 0 unspecified atom stereocenters. The quantitative estimate of drug-likeness (QED) is 0.872. The van der Waals surface area contributed by atoms with Crippen molar-refractivity contribution in [2.45, 2.75) is 52.6 Å². The molecule has 0 aliphatic carbocycles. The SMILES string of the molecule is Cc1nsc(C)c1C(=O)NC[C@@H]1CC(=O)N(C(C)(C)C)[C@H]1c1cnn(C)c1. The lowest BCUT2D eigenvalue weighted by Crippen LogP contribution is -2.44. The number of aromatic nitrogens is 3. The highest BCUT2D eigenvalue weighted by molar-refractivity contribution is 7.06. The van der Waals surface area contributed by atoms with Gasteiger partial charge in [0.05, 0.1) is 23.5 Å². The molecular weight excluding hydrogens is 362 g/mol. The number of amides is 2. The van der Waals surface area contributed by atoms with E-state index in [0.717, 1.165) is 16.1 Å². The van der Waals surface area contributed by atoms with Crippen molar-refractivity contribution >= 4 is 23.3 Å². The molecule has 2 aromatic rings. The summed E-state index contributed by atoms with van der Waals surface area (Å²) in [5, 5.41) is 7.31. The maximum Gasteiger partial charge on any atom is 0.254 e. The number of carbonyl (C=O) groups is 2. The third-order valence-corrected chi connectivity index (χ3v) is 5.85. The van der Waals surface area contributed by atoms with Gasteiger partial charge in [-0.3, -0.25) is 14.3 Å². The summed E-state index contributed by atoms with van der Waals surface area (Å²) in [6.45, 7) is 10.3. The molecule has 8 heteroatoms. The van der Waals surface area contributed by atoms with Crippen LogP contribution in [0.3, 0.4) is 0 Å². The summed E-state index contributed by atoms with van der Waals surface area (Å²) in [6, 6.07) is -0.103. The predicted molar refractivity (Wildman–Crippen MR) is 105 cm³/mol. The number of nitrogens with one attached hydrogen (secondary N) is 1. The molecule has 7 nitrogen and oxygen atoms in total. The first-order chi connectivity index (χ1) is 12.6. The molecule has 1 fully saturated rings. The van der Waals surface area contributed by atoms with Crippen molar-refractivity contribution in [1.82, 2.24) is 24.4 Å². The van der Waals surface area contributed by atoms with E-state index in [1.807, 2.05) is 59.0 Å². The molecule has 3 heterocycles. The molecule has 1 N–H and O–H groups in total. The van der Waals surface area contributed by atoms with Crippen LogP contribution in [-0.2, 0) is 11.8 Å². The average molecular weight is 390 g/mol. The molecule has 1 aliphatic heterocycles. The van der Waals surface area contributed by atoms with Crippen LogP contribution in [0.4, 0.5) is 0 Å². The van der Waals surface area contributed by atoms with Crippen LogP contribution in [0.1, 0.15) is 59.7 Å². The van der Waals surface area contributed by atoms with Crippen LogP contribution in [0.5, 0.6) is 0 Å². The van der Waals surface area contributed by atoms with Crippen LogP contribution < -0.4 is 5.32 Å². The van der Waals surface area contributed by atoms with Crippen molar-refractivity contribution in [3.05, 3.63) is 34.1 Å². The van der Waals surface area contributed by atoms with Gasteiger partial charge in [0.2, 0.25) is 5.91 Å². The number of rotatable bonds is 4. The van der Waals surface area contributed by atoms with Gasteiger partial charge in [-0.15, -0.1) is 0 Å². The van der Waals surface area contributed by atoms with E-state index in [9.17, 15) is 9.59 Å². The normalized spacial score (nSPS) is 20.4. The van der Waals surface area contributed by atoms with Gasteiger partial charge in [0, 0.05) is 48.1 Å². The van der Waals surface area contributed by atoms with Gasteiger partial charge in [0.15, 0.2) is 0 Å². The Kier molecular flexibility index (Phi) is 5.12. The Morgan fingerprint density at radius 1 is 1.37 bits per heavy atom. The third kappa shape index (κ3) is 3.76. The molecule has 0 spiro atoms. The Balaban J connectivity index is 1.83. The molecule has 0 bridgehead atoms. The maximum atomic E-state index is 12.8. The van der Waals surface area contributed by atoms with E-state index in [2.05, 4.69) is 14.8 Å². The molecule has 1 saturated heterocycles. The second-order valence-electron chi connectivity index (χ2n) is 8.20. The first-order valence-electron chi connectivity index (χ1n) is 9.11. The molecular formula is C19H27N5O2S. The monoisotopic (exact) mass is 389 g/mol. The minimum atomic E-state index is -0.305. The summed E-state index contributed by atoms with van der Waals surface area (Å²) < 4.78 is 5.99. The molecule has 3 rings (SSSR count). The molecule has 0 saturated carbocycles. The highest BCUT2D eigenvalue weighted by atomic mass is 32.1. The Morgan fingerprint density at radius 2 is 2.07 bits per heavy atom. The van der Waals surface area contributed by atoms with Gasteiger partial charge in [-0.05, 0) is 46.2 Å². The van der Waals surface area contributed by atoms with Crippen LogP contribution in [0.25, 0.3) is 0 Å². The van der Waals surface area contributed by atoms with Crippen molar-refractivity contribution in [3.63, 3.8) is 0 Å². The number of likely N-dealkylation sites (tertiary alicyclic amines) is 1. The first kappa shape index (κ1) is 19.5. The molecule has 0 aromatic carbocycles. The Labute approximate surface area is 163 Å². The van der Waals surface area contributed by atoms with E-state index < -0.39 is 0 Å². The minimum Gasteiger partial charge on any atom is -0.352 e. The molecule has 1 aliphatic rings. The van der Waals surface area contributed by atoms with Crippen LogP contribution in [0.15, 0.2) is 12.4 Å². The van der Waals surface area contributed by atoms with Gasteiger partial charge < -0.3 is 10.2 Å². The average Bonchev–Trinajstić information content (AvgIpc) is 3.22. The minimum absolute atomic E-state index is 0.00270. The molecule has 2 aromatic heterocycles. The first-order valence-corrected chi connectivity index (χ1v) is 9.88. The highest BCUT2D eigenvalue weighted by Gasteiger charge is 2.45. The Bertz CT molecular complexity index is 844. The van der Waals surface area contributed by atoms with Gasteiger partial charge in [-0.25, -0.2) is 0 Å². The fourth-order valence-corrected chi connectivity index (χ4v) is 4.61. The molecule has 2 amide bonds. The van der Waals surface area contributed by atoms with E-state index in [4.69, 9.17) is 0 Å². The lowest BCUT2D eigenvalue weighted by atomic mass is 9.93. The fourth-order valence-electron chi connectivity index (χ4n) is 3.91. The number of hydrogen-bond donors (Lipinski definition) is 1. The summed E-state index contributed by atoms with van der Waals surface area (Å²) >= 11 is 1.34. The Morgan fingerprint density at radius 3 is 2.59 bits per heavy atom. The molecule has 2 atom stereocenters. The highest BCUT2D eigenvalue weighted by Crippen LogP contribution is 2.42. The van der Waals surface area contributed by atoms with Gasteiger partial charge in [0.1, 0.15) is 0 Å². The smallest absolute Gasteiger partial charge is 0.254 e.